The predicted octanol–water partition coefficient (Wildman–Crippen LogP) is 7.47. The van der Waals surface area contributed by atoms with E-state index in [4.69, 9.17) is 30.9 Å². The normalized spacial score (nSPS) is 11.7. The number of fused-ring (bicyclic) bond motifs is 4. The minimum absolute atomic E-state index is 0.591. The lowest BCUT2D eigenvalue weighted by molar-refractivity contribution is 0.340. The van der Waals surface area contributed by atoms with Gasteiger partial charge in [-0.05, 0) is 86.6 Å². The predicted molar refractivity (Wildman–Crippen MR) is 154 cm³/mol. The number of anilines is 2. The van der Waals surface area contributed by atoms with E-state index in [0.29, 0.717) is 36.0 Å². The fourth-order valence-electron chi connectivity index (χ4n) is 4.64. The summed E-state index contributed by atoms with van der Waals surface area (Å²) in [6, 6.07) is 22.8. The molecular weight excluding hydrogens is 476 g/mol. The van der Waals surface area contributed by atoms with E-state index >= 15 is 0 Å². The lowest BCUT2D eigenvalue weighted by Crippen LogP contribution is -1.95. The summed E-state index contributed by atoms with van der Waals surface area (Å²) in [5, 5.41) is 12.3. The highest BCUT2D eigenvalue weighted by Crippen LogP contribution is 2.35. The van der Waals surface area contributed by atoms with Gasteiger partial charge >= 0.3 is 0 Å². The molecule has 0 unspecified atom stereocenters. The van der Waals surface area contributed by atoms with Gasteiger partial charge in [-0.1, -0.05) is 0 Å². The van der Waals surface area contributed by atoms with Crippen LogP contribution in [0.2, 0.25) is 0 Å². The Hall–Kier alpha value is -4.98. The van der Waals surface area contributed by atoms with Crippen LogP contribution in [-0.2, 0) is 0 Å². The van der Waals surface area contributed by atoms with Crippen molar-refractivity contribution >= 4 is 66.4 Å². The Morgan fingerprint density at radius 1 is 0.553 bits per heavy atom. The van der Waals surface area contributed by atoms with Gasteiger partial charge in [-0.25, -0.2) is 9.97 Å². The first kappa shape index (κ1) is 23.4. The Kier molecular flexibility index (Phi) is 5.84. The molecule has 0 aliphatic heterocycles. The number of ether oxygens (including phenoxy) is 2. The molecule has 0 bridgehead atoms. The first-order valence-electron chi connectivity index (χ1n) is 12.5. The van der Waals surface area contributed by atoms with Crippen LogP contribution in [0.5, 0.6) is 11.5 Å². The maximum absolute atomic E-state index is 6.49. The molecule has 6 rings (SSSR count). The Labute approximate surface area is 218 Å². The summed E-state index contributed by atoms with van der Waals surface area (Å²) in [4.78, 5) is 9.57. The molecule has 2 heterocycles. The van der Waals surface area contributed by atoms with Crippen molar-refractivity contribution in [2.45, 2.75) is 13.8 Å². The Morgan fingerprint density at radius 2 is 1.00 bits per heavy atom. The topological polar surface area (TPSA) is 121 Å². The largest absolute Gasteiger partial charge is 0.494 e. The number of nitrogens with two attached hydrogens (primary N) is 2. The van der Waals surface area contributed by atoms with Gasteiger partial charge in [-0.2, -0.15) is 10.2 Å². The SMILES string of the molecule is CCOc1ccc2nc3cc(N=Nc4ccc5c(N)c6cc(OCC)ccc6nc5c4)ccc3c(N)c2c1. The van der Waals surface area contributed by atoms with E-state index in [0.717, 1.165) is 55.1 Å². The third kappa shape index (κ3) is 4.16. The van der Waals surface area contributed by atoms with Gasteiger partial charge in [0.15, 0.2) is 0 Å². The molecule has 2 aromatic heterocycles. The highest BCUT2D eigenvalue weighted by molar-refractivity contribution is 6.08. The van der Waals surface area contributed by atoms with Crippen LogP contribution in [-0.4, -0.2) is 23.2 Å². The first-order chi connectivity index (χ1) is 18.5. The molecule has 38 heavy (non-hydrogen) atoms. The van der Waals surface area contributed by atoms with E-state index in [1.165, 1.54) is 0 Å². The molecule has 0 atom stereocenters. The Morgan fingerprint density at radius 3 is 1.42 bits per heavy atom. The molecule has 8 heteroatoms. The van der Waals surface area contributed by atoms with Crippen LogP contribution in [0.4, 0.5) is 22.7 Å². The molecule has 0 fully saturated rings. The molecule has 6 aromatic rings. The van der Waals surface area contributed by atoms with E-state index in [2.05, 4.69) is 10.2 Å². The van der Waals surface area contributed by atoms with E-state index < -0.39 is 0 Å². The highest BCUT2D eigenvalue weighted by Gasteiger charge is 2.10. The molecular formula is C30H26N6O2. The molecule has 0 radical (unpaired) electrons. The lowest BCUT2D eigenvalue weighted by atomic mass is 10.1. The second-order valence-electron chi connectivity index (χ2n) is 8.88. The van der Waals surface area contributed by atoms with E-state index in [1.54, 1.807) is 0 Å². The number of rotatable bonds is 6. The van der Waals surface area contributed by atoms with Gasteiger partial charge in [0, 0.05) is 21.5 Å². The summed E-state index contributed by atoms with van der Waals surface area (Å²) >= 11 is 0. The zero-order valence-electron chi connectivity index (χ0n) is 21.1. The fourth-order valence-corrected chi connectivity index (χ4v) is 4.64. The van der Waals surface area contributed by atoms with Gasteiger partial charge in [0.2, 0.25) is 0 Å². The van der Waals surface area contributed by atoms with Crippen LogP contribution >= 0.6 is 0 Å². The van der Waals surface area contributed by atoms with Crippen molar-refractivity contribution in [1.82, 2.24) is 9.97 Å². The number of hydrogen-bond donors (Lipinski definition) is 2. The third-order valence-electron chi connectivity index (χ3n) is 6.44. The van der Waals surface area contributed by atoms with Gasteiger partial charge in [0.1, 0.15) is 11.5 Å². The molecule has 0 aliphatic rings. The average molecular weight is 503 g/mol. The maximum Gasteiger partial charge on any atom is 0.120 e. The molecule has 0 saturated carbocycles. The molecule has 0 saturated heterocycles. The van der Waals surface area contributed by atoms with Crippen LogP contribution in [0.1, 0.15) is 13.8 Å². The number of nitrogens with zero attached hydrogens (tertiary/aromatic N) is 4. The summed E-state index contributed by atoms with van der Waals surface area (Å²) in [6.07, 6.45) is 0. The van der Waals surface area contributed by atoms with E-state index in [-0.39, 0.29) is 0 Å². The smallest absolute Gasteiger partial charge is 0.120 e. The minimum Gasteiger partial charge on any atom is -0.494 e. The molecule has 4 N–H and O–H groups in total. The number of nitrogen functional groups attached to an aromatic ring is 2. The van der Waals surface area contributed by atoms with E-state index in [1.807, 2.05) is 86.6 Å². The number of benzene rings is 4. The van der Waals surface area contributed by atoms with Gasteiger partial charge in [-0.15, -0.1) is 0 Å². The summed E-state index contributed by atoms with van der Waals surface area (Å²) in [7, 11) is 0. The van der Waals surface area contributed by atoms with Crippen LogP contribution in [0, 0.1) is 0 Å². The summed E-state index contributed by atoms with van der Waals surface area (Å²) in [6.45, 7) is 5.08. The van der Waals surface area contributed by atoms with Crippen molar-refractivity contribution in [2.75, 3.05) is 24.7 Å². The van der Waals surface area contributed by atoms with Crippen molar-refractivity contribution in [3.8, 4) is 11.5 Å². The van der Waals surface area contributed by atoms with Crippen LogP contribution in [0.3, 0.4) is 0 Å². The van der Waals surface area contributed by atoms with Gasteiger partial charge in [-0.3, -0.25) is 0 Å². The van der Waals surface area contributed by atoms with Crippen LogP contribution in [0.25, 0.3) is 43.6 Å². The first-order valence-corrected chi connectivity index (χ1v) is 12.5. The van der Waals surface area contributed by atoms with Crippen LogP contribution < -0.4 is 20.9 Å². The molecule has 0 spiro atoms. The Balaban J connectivity index is 1.34. The Bertz CT molecular complexity index is 1750. The number of azo groups is 1. The minimum atomic E-state index is 0.591. The summed E-state index contributed by atoms with van der Waals surface area (Å²) < 4.78 is 11.2. The quantitative estimate of drug-likeness (QED) is 0.180. The number of hydrogen-bond acceptors (Lipinski definition) is 8. The van der Waals surface area contributed by atoms with Crippen molar-refractivity contribution in [1.29, 1.82) is 0 Å². The monoisotopic (exact) mass is 502 g/mol. The van der Waals surface area contributed by atoms with Gasteiger partial charge < -0.3 is 20.9 Å². The maximum atomic E-state index is 6.49. The van der Waals surface area contributed by atoms with Gasteiger partial charge in [0.25, 0.3) is 0 Å². The van der Waals surface area contributed by atoms with E-state index in [9.17, 15) is 0 Å². The van der Waals surface area contributed by atoms with Gasteiger partial charge in [0.05, 0.1) is 58.0 Å². The molecule has 0 amide bonds. The zero-order chi connectivity index (χ0) is 26.2. The average Bonchev–Trinajstić information content (AvgIpc) is 2.93. The third-order valence-corrected chi connectivity index (χ3v) is 6.44. The summed E-state index contributed by atoms with van der Waals surface area (Å²) in [5.41, 5.74) is 18.7. The van der Waals surface area contributed by atoms with Crippen LogP contribution in [0.15, 0.2) is 83.0 Å². The number of pyridine rings is 2. The number of aromatic nitrogens is 2. The second-order valence-corrected chi connectivity index (χ2v) is 8.88. The molecule has 0 aliphatic carbocycles. The van der Waals surface area contributed by atoms with Crippen molar-refractivity contribution in [3.63, 3.8) is 0 Å². The lowest BCUT2D eigenvalue weighted by Gasteiger charge is -2.10. The fraction of sp³-hybridized carbons (Fsp3) is 0.133. The highest BCUT2D eigenvalue weighted by atomic mass is 16.5. The van der Waals surface area contributed by atoms with Crippen molar-refractivity contribution in [3.05, 3.63) is 72.8 Å². The molecule has 188 valence electrons. The van der Waals surface area contributed by atoms with Crippen molar-refractivity contribution < 1.29 is 9.47 Å². The second kappa shape index (κ2) is 9.48. The standard InChI is InChI=1S/C30H26N6O2/c1-3-37-19-7-11-25-23(15-19)29(31)21-9-5-17(13-27(21)33-25)35-36-18-6-10-22-28(14-18)34-26-12-8-20(38-4-2)16-24(26)30(22)32/h5-16H,3-4H2,1-2H3,(H2,31,33)(H2,32,34). The molecule has 4 aromatic carbocycles. The zero-order valence-corrected chi connectivity index (χ0v) is 21.1. The van der Waals surface area contributed by atoms with Crippen molar-refractivity contribution in [2.24, 2.45) is 10.2 Å². The molecule has 8 nitrogen and oxygen atoms in total. The summed E-state index contributed by atoms with van der Waals surface area (Å²) in [5.74, 6) is 1.54.